The minimum Gasteiger partial charge on any atom is -0.488 e. The molecule has 0 spiro atoms. The summed E-state index contributed by atoms with van der Waals surface area (Å²) in [5.41, 5.74) is 0.689. The number of alkyl carbamates (subject to hydrolysis) is 1. The second-order valence-electron chi connectivity index (χ2n) is 9.82. The van der Waals surface area contributed by atoms with Crippen LogP contribution >= 0.6 is 11.6 Å². The number of aromatic nitrogens is 4. The molecule has 0 aliphatic heterocycles. The van der Waals surface area contributed by atoms with E-state index in [2.05, 4.69) is 20.4 Å². The first-order valence-corrected chi connectivity index (χ1v) is 12.1. The molecule has 0 radical (unpaired) electrons. The van der Waals surface area contributed by atoms with Gasteiger partial charge in [0.05, 0.1) is 18.5 Å². The third kappa shape index (κ3) is 6.69. The van der Waals surface area contributed by atoms with Gasteiger partial charge in [-0.2, -0.15) is 5.10 Å². The molecule has 0 atom stereocenters. The number of carbonyl (C=O) groups is 1. The maximum absolute atomic E-state index is 13.6. The molecule has 0 unspecified atom stereocenters. The minimum atomic E-state index is -0.702. The van der Waals surface area contributed by atoms with Crippen LogP contribution in [0.4, 0.5) is 13.6 Å². The van der Waals surface area contributed by atoms with Crippen LogP contribution in [0.25, 0.3) is 16.9 Å². The predicted octanol–water partition coefficient (Wildman–Crippen LogP) is 5.72. The molecule has 11 heteroatoms. The Morgan fingerprint density at radius 2 is 1.83 bits per heavy atom. The van der Waals surface area contributed by atoms with Gasteiger partial charge in [-0.3, -0.25) is 0 Å². The molecule has 2 heterocycles. The zero-order valence-electron chi connectivity index (χ0n) is 20.3. The summed E-state index contributed by atoms with van der Waals surface area (Å²) in [6.07, 6.45) is 7.38. The van der Waals surface area contributed by atoms with E-state index in [4.69, 9.17) is 21.1 Å². The Labute approximate surface area is 213 Å². The van der Waals surface area contributed by atoms with Gasteiger partial charge in [0.25, 0.3) is 0 Å². The molecule has 4 rings (SSSR count). The highest BCUT2D eigenvalue weighted by Gasteiger charge is 2.26. The van der Waals surface area contributed by atoms with Crippen LogP contribution in [0.3, 0.4) is 0 Å². The summed E-state index contributed by atoms with van der Waals surface area (Å²) >= 11 is 6.33. The van der Waals surface area contributed by atoms with Gasteiger partial charge in [0.2, 0.25) is 0 Å². The van der Waals surface area contributed by atoms with Crippen LogP contribution in [0.2, 0.25) is 5.15 Å². The van der Waals surface area contributed by atoms with Crippen molar-refractivity contribution in [2.75, 3.05) is 6.61 Å². The standard InChI is InChI=1S/C25H28ClF2N5O3/c1-25(2,3)36-24(34)32-19-6-4-15(5-7-19)13-35-22-21(29-14-30-23(22)26)16-11-31-33(12-16)20-9-17(27)8-18(28)10-20/h8-12,14-15,19H,4-7,13H2,1-3H3,(H,32,34)/t15-,19+. The third-order valence-corrected chi connectivity index (χ3v) is 6.03. The molecule has 1 saturated carbocycles. The number of benzene rings is 1. The Bertz CT molecular complexity index is 1200. The number of halogens is 3. The summed E-state index contributed by atoms with van der Waals surface area (Å²) in [5, 5.41) is 7.29. The molecule has 3 aromatic rings. The van der Waals surface area contributed by atoms with Crippen LogP contribution < -0.4 is 10.1 Å². The van der Waals surface area contributed by atoms with Gasteiger partial charge in [-0.15, -0.1) is 0 Å². The zero-order chi connectivity index (χ0) is 25.9. The lowest BCUT2D eigenvalue weighted by atomic mass is 9.86. The second-order valence-corrected chi connectivity index (χ2v) is 10.2. The molecule has 1 fully saturated rings. The fourth-order valence-electron chi connectivity index (χ4n) is 4.09. The lowest BCUT2D eigenvalue weighted by Crippen LogP contribution is -2.41. The molecule has 1 aliphatic carbocycles. The van der Waals surface area contributed by atoms with Crippen molar-refractivity contribution in [1.29, 1.82) is 0 Å². The first-order valence-electron chi connectivity index (χ1n) is 11.7. The number of carbonyl (C=O) groups excluding carboxylic acids is 1. The first-order chi connectivity index (χ1) is 17.1. The van der Waals surface area contributed by atoms with Crippen LogP contribution in [0, 0.1) is 17.6 Å². The number of nitrogens with zero attached hydrogens (tertiary/aromatic N) is 4. The molecule has 0 saturated heterocycles. The van der Waals surface area contributed by atoms with Gasteiger partial charge in [0.15, 0.2) is 10.9 Å². The predicted molar refractivity (Wildman–Crippen MR) is 130 cm³/mol. The zero-order valence-corrected chi connectivity index (χ0v) is 21.1. The molecule has 192 valence electrons. The van der Waals surface area contributed by atoms with E-state index in [0.29, 0.717) is 23.6 Å². The summed E-state index contributed by atoms with van der Waals surface area (Å²) < 4.78 is 40.0. The summed E-state index contributed by atoms with van der Waals surface area (Å²) in [6.45, 7) is 5.90. The molecule has 0 bridgehead atoms. The molecular weight excluding hydrogens is 492 g/mol. The monoisotopic (exact) mass is 519 g/mol. The highest BCUT2D eigenvalue weighted by Crippen LogP contribution is 2.34. The average Bonchev–Trinajstić information content (AvgIpc) is 3.27. The van der Waals surface area contributed by atoms with Crippen LogP contribution in [-0.4, -0.2) is 44.1 Å². The Balaban J connectivity index is 1.39. The van der Waals surface area contributed by atoms with E-state index in [1.807, 2.05) is 20.8 Å². The van der Waals surface area contributed by atoms with Gasteiger partial charge in [0.1, 0.15) is 29.3 Å². The van der Waals surface area contributed by atoms with Gasteiger partial charge >= 0.3 is 6.09 Å². The van der Waals surface area contributed by atoms with Crippen molar-refractivity contribution in [3.63, 3.8) is 0 Å². The summed E-state index contributed by atoms with van der Waals surface area (Å²) in [6, 6.07) is 3.22. The smallest absolute Gasteiger partial charge is 0.407 e. The van der Waals surface area contributed by atoms with Crippen molar-refractivity contribution in [3.8, 4) is 22.7 Å². The van der Waals surface area contributed by atoms with Crippen LogP contribution in [0.15, 0.2) is 36.9 Å². The van der Waals surface area contributed by atoms with Crippen molar-refractivity contribution < 1.29 is 23.0 Å². The Kier molecular flexibility index (Phi) is 7.73. The van der Waals surface area contributed by atoms with Crippen LogP contribution in [0.5, 0.6) is 5.75 Å². The number of ether oxygens (including phenoxy) is 2. The molecule has 8 nitrogen and oxygen atoms in total. The van der Waals surface area contributed by atoms with E-state index < -0.39 is 23.3 Å². The topological polar surface area (TPSA) is 91.2 Å². The molecule has 36 heavy (non-hydrogen) atoms. The van der Waals surface area contributed by atoms with E-state index in [1.165, 1.54) is 29.3 Å². The molecule has 1 amide bonds. The van der Waals surface area contributed by atoms with Gasteiger partial charge in [-0.1, -0.05) is 11.6 Å². The van der Waals surface area contributed by atoms with Crippen molar-refractivity contribution in [1.82, 2.24) is 25.1 Å². The van der Waals surface area contributed by atoms with Crippen molar-refractivity contribution in [2.24, 2.45) is 5.92 Å². The van der Waals surface area contributed by atoms with Crippen molar-refractivity contribution in [3.05, 3.63) is 53.7 Å². The fourth-order valence-corrected chi connectivity index (χ4v) is 4.28. The van der Waals surface area contributed by atoms with E-state index in [1.54, 1.807) is 6.20 Å². The first kappa shape index (κ1) is 25.8. The molecule has 1 aliphatic rings. The van der Waals surface area contributed by atoms with E-state index >= 15 is 0 Å². The van der Waals surface area contributed by atoms with E-state index in [0.717, 1.165) is 31.7 Å². The number of hydrogen-bond acceptors (Lipinski definition) is 6. The largest absolute Gasteiger partial charge is 0.488 e. The molecule has 1 N–H and O–H groups in total. The Hall–Kier alpha value is -3.27. The van der Waals surface area contributed by atoms with Crippen LogP contribution in [-0.2, 0) is 4.74 Å². The molecule has 2 aromatic heterocycles. The van der Waals surface area contributed by atoms with Gasteiger partial charge in [0, 0.05) is 23.9 Å². The lowest BCUT2D eigenvalue weighted by Gasteiger charge is -2.30. The Morgan fingerprint density at radius 3 is 2.50 bits per heavy atom. The number of amides is 1. The number of rotatable bonds is 6. The molecule has 1 aromatic carbocycles. The van der Waals surface area contributed by atoms with Gasteiger partial charge in [-0.25, -0.2) is 28.2 Å². The highest BCUT2D eigenvalue weighted by molar-refractivity contribution is 6.31. The highest BCUT2D eigenvalue weighted by atomic mass is 35.5. The van der Waals surface area contributed by atoms with Gasteiger partial charge < -0.3 is 14.8 Å². The Morgan fingerprint density at radius 1 is 1.14 bits per heavy atom. The normalized spacial score (nSPS) is 18.1. The quantitative estimate of drug-likeness (QED) is 0.419. The van der Waals surface area contributed by atoms with Crippen LogP contribution in [0.1, 0.15) is 46.5 Å². The average molecular weight is 520 g/mol. The summed E-state index contributed by atoms with van der Waals surface area (Å²) in [5.74, 6) is -0.818. The van der Waals surface area contributed by atoms with Crippen molar-refractivity contribution in [2.45, 2.75) is 58.1 Å². The maximum Gasteiger partial charge on any atom is 0.407 e. The third-order valence-electron chi connectivity index (χ3n) is 5.76. The lowest BCUT2D eigenvalue weighted by molar-refractivity contribution is 0.0483. The SMILES string of the molecule is CC(C)(C)OC(=O)N[C@H]1CC[C@@H](COc2c(Cl)ncnc2-c2cnn(-c3cc(F)cc(F)c3)c2)CC1. The summed E-state index contributed by atoms with van der Waals surface area (Å²) in [4.78, 5) is 20.4. The minimum absolute atomic E-state index is 0.0637. The fraction of sp³-hybridized carbons (Fsp3) is 0.440. The summed E-state index contributed by atoms with van der Waals surface area (Å²) in [7, 11) is 0. The van der Waals surface area contributed by atoms with Crippen molar-refractivity contribution >= 4 is 17.7 Å². The van der Waals surface area contributed by atoms with Gasteiger partial charge in [-0.05, 0) is 64.5 Å². The maximum atomic E-state index is 13.6. The van der Waals surface area contributed by atoms with E-state index in [-0.39, 0.29) is 22.8 Å². The second kappa shape index (κ2) is 10.8. The number of hydrogen-bond donors (Lipinski definition) is 1. The molecular formula is C25H28ClF2N5O3. The number of nitrogens with one attached hydrogen (secondary N) is 1. The van der Waals surface area contributed by atoms with E-state index in [9.17, 15) is 13.6 Å².